The molecule has 1 aliphatic rings. The van der Waals surface area contributed by atoms with E-state index in [-0.39, 0.29) is 17.7 Å². The van der Waals surface area contributed by atoms with Gasteiger partial charge in [0, 0.05) is 46.7 Å². The zero-order valence-corrected chi connectivity index (χ0v) is 14.0. The Kier molecular flexibility index (Phi) is 5.98. The van der Waals surface area contributed by atoms with Crippen LogP contribution in [0, 0.1) is 5.92 Å². The molecule has 0 radical (unpaired) electrons. The highest BCUT2D eigenvalue weighted by molar-refractivity contribution is 5.80. The summed E-state index contributed by atoms with van der Waals surface area (Å²) in [4.78, 5) is 27.8. The molecule has 0 aliphatic carbocycles. The standard InChI is InChI=1S/C17H25N3O3/c1-13(21)20-9-8-19(11-15(12-20)17(22)18-2)10-14-4-6-16(23-3)7-5-14/h4-7,15H,8-12H2,1-3H3,(H,18,22)/t15-/m1/s1. The van der Waals surface area contributed by atoms with E-state index in [1.54, 1.807) is 26.0 Å². The summed E-state index contributed by atoms with van der Waals surface area (Å²) in [6, 6.07) is 7.93. The van der Waals surface area contributed by atoms with Gasteiger partial charge in [-0.3, -0.25) is 14.5 Å². The summed E-state index contributed by atoms with van der Waals surface area (Å²) in [7, 11) is 3.28. The summed E-state index contributed by atoms with van der Waals surface area (Å²) in [5.41, 5.74) is 1.16. The first kappa shape index (κ1) is 17.3. The molecule has 2 rings (SSSR count). The molecule has 0 bridgehead atoms. The Labute approximate surface area is 137 Å². The third-order valence-corrected chi connectivity index (χ3v) is 4.23. The molecule has 126 valence electrons. The number of hydrogen-bond acceptors (Lipinski definition) is 4. The molecule has 1 N–H and O–H groups in total. The van der Waals surface area contributed by atoms with Crippen LogP contribution in [0.25, 0.3) is 0 Å². The van der Waals surface area contributed by atoms with Gasteiger partial charge < -0.3 is 15.0 Å². The Morgan fingerprint density at radius 2 is 1.91 bits per heavy atom. The molecule has 1 aliphatic heterocycles. The van der Waals surface area contributed by atoms with Crippen LogP contribution in [0.3, 0.4) is 0 Å². The van der Waals surface area contributed by atoms with Crippen molar-refractivity contribution in [2.75, 3.05) is 40.3 Å². The average Bonchev–Trinajstić information content (AvgIpc) is 2.77. The predicted molar refractivity (Wildman–Crippen MR) is 88.1 cm³/mol. The van der Waals surface area contributed by atoms with Crippen LogP contribution in [0.2, 0.25) is 0 Å². The van der Waals surface area contributed by atoms with Crippen LogP contribution in [0.5, 0.6) is 5.75 Å². The number of carbonyl (C=O) groups is 2. The minimum absolute atomic E-state index is 0.0159. The molecule has 1 saturated heterocycles. The van der Waals surface area contributed by atoms with Crippen molar-refractivity contribution in [3.8, 4) is 5.75 Å². The summed E-state index contributed by atoms with van der Waals surface area (Å²) in [5.74, 6) is 0.628. The highest BCUT2D eigenvalue weighted by atomic mass is 16.5. The fourth-order valence-corrected chi connectivity index (χ4v) is 2.87. The Hall–Kier alpha value is -2.08. The summed E-state index contributed by atoms with van der Waals surface area (Å²) < 4.78 is 5.17. The lowest BCUT2D eigenvalue weighted by atomic mass is 10.1. The lowest BCUT2D eigenvalue weighted by Gasteiger charge is -2.23. The van der Waals surface area contributed by atoms with Crippen molar-refractivity contribution < 1.29 is 14.3 Å². The van der Waals surface area contributed by atoms with Crippen molar-refractivity contribution in [2.45, 2.75) is 13.5 Å². The molecule has 0 aromatic heterocycles. The van der Waals surface area contributed by atoms with Gasteiger partial charge in [-0.2, -0.15) is 0 Å². The molecule has 1 aromatic rings. The van der Waals surface area contributed by atoms with Crippen LogP contribution in [-0.4, -0.2) is 62.0 Å². The Morgan fingerprint density at radius 1 is 1.22 bits per heavy atom. The zero-order chi connectivity index (χ0) is 16.8. The second-order valence-corrected chi connectivity index (χ2v) is 5.86. The van der Waals surface area contributed by atoms with Crippen molar-refractivity contribution in [3.63, 3.8) is 0 Å². The van der Waals surface area contributed by atoms with Gasteiger partial charge in [0.15, 0.2) is 0 Å². The molecular formula is C17H25N3O3. The van der Waals surface area contributed by atoms with E-state index in [0.717, 1.165) is 24.4 Å². The van der Waals surface area contributed by atoms with Gasteiger partial charge in [-0.1, -0.05) is 12.1 Å². The number of methoxy groups -OCH3 is 1. The van der Waals surface area contributed by atoms with Crippen LogP contribution >= 0.6 is 0 Å². The van der Waals surface area contributed by atoms with Gasteiger partial charge in [0.1, 0.15) is 5.75 Å². The van der Waals surface area contributed by atoms with Crippen molar-refractivity contribution in [3.05, 3.63) is 29.8 Å². The van der Waals surface area contributed by atoms with Crippen molar-refractivity contribution in [1.82, 2.24) is 15.1 Å². The topological polar surface area (TPSA) is 61.9 Å². The van der Waals surface area contributed by atoms with E-state index in [9.17, 15) is 9.59 Å². The first-order valence-electron chi connectivity index (χ1n) is 7.86. The fraction of sp³-hybridized carbons (Fsp3) is 0.529. The molecule has 6 heteroatoms. The Bertz CT molecular complexity index is 545. The van der Waals surface area contributed by atoms with Crippen LogP contribution in [0.4, 0.5) is 0 Å². The molecule has 2 amide bonds. The number of nitrogens with zero attached hydrogens (tertiary/aromatic N) is 2. The van der Waals surface area contributed by atoms with Gasteiger partial charge in [0.2, 0.25) is 11.8 Å². The molecule has 0 spiro atoms. The highest BCUT2D eigenvalue weighted by Crippen LogP contribution is 2.16. The monoisotopic (exact) mass is 319 g/mol. The molecular weight excluding hydrogens is 294 g/mol. The minimum atomic E-state index is -0.204. The number of ether oxygens (including phenoxy) is 1. The van der Waals surface area contributed by atoms with Gasteiger partial charge in [0.25, 0.3) is 0 Å². The maximum atomic E-state index is 12.1. The number of amides is 2. The second-order valence-electron chi connectivity index (χ2n) is 5.86. The van der Waals surface area contributed by atoms with Crippen molar-refractivity contribution in [2.24, 2.45) is 5.92 Å². The first-order chi connectivity index (χ1) is 11.0. The van der Waals surface area contributed by atoms with Crippen LogP contribution in [-0.2, 0) is 16.1 Å². The number of hydrogen-bond donors (Lipinski definition) is 1. The number of nitrogens with one attached hydrogen (secondary N) is 1. The third-order valence-electron chi connectivity index (χ3n) is 4.23. The number of rotatable bonds is 4. The van der Waals surface area contributed by atoms with E-state index in [0.29, 0.717) is 19.6 Å². The molecule has 6 nitrogen and oxygen atoms in total. The van der Waals surface area contributed by atoms with Crippen LogP contribution in [0.1, 0.15) is 12.5 Å². The van der Waals surface area contributed by atoms with Crippen LogP contribution in [0.15, 0.2) is 24.3 Å². The number of benzene rings is 1. The molecule has 23 heavy (non-hydrogen) atoms. The second kappa shape index (κ2) is 7.97. The van der Waals surface area contributed by atoms with Gasteiger partial charge in [-0.15, -0.1) is 0 Å². The molecule has 0 saturated carbocycles. The molecule has 1 fully saturated rings. The lowest BCUT2D eigenvalue weighted by molar-refractivity contribution is -0.130. The molecule has 1 heterocycles. The first-order valence-corrected chi connectivity index (χ1v) is 7.86. The quantitative estimate of drug-likeness (QED) is 0.888. The average molecular weight is 319 g/mol. The molecule has 1 aromatic carbocycles. The van der Waals surface area contributed by atoms with Gasteiger partial charge in [-0.05, 0) is 17.7 Å². The minimum Gasteiger partial charge on any atom is -0.497 e. The molecule has 1 atom stereocenters. The SMILES string of the molecule is CNC(=O)[C@@H]1CN(Cc2ccc(OC)cc2)CCN(C(C)=O)C1. The predicted octanol–water partition coefficient (Wildman–Crippen LogP) is 0.721. The van der Waals surface area contributed by atoms with Gasteiger partial charge in [-0.25, -0.2) is 0 Å². The van der Waals surface area contributed by atoms with E-state index in [2.05, 4.69) is 10.2 Å². The maximum absolute atomic E-state index is 12.1. The normalized spacial score (nSPS) is 19.1. The summed E-state index contributed by atoms with van der Waals surface area (Å²) in [6.45, 7) is 4.85. The van der Waals surface area contributed by atoms with E-state index in [1.165, 1.54) is 0 Å². The van der Waals surface area contributed by atoms with E-state index in [4.69, 9.17) is 4.74 Å². The van der Waals surface area contributed by atoms with Crippen LogP contribution < -0.4 is 10.1 Å². The van der Waals surface area contributed by atoms with Crippen molar-refractivity contribution >= 4 is 11.8 Å². The summed E-state index contributed by atoms with van der Waals surface area (Å²) in [5, 5.41) is 2.70. The summed E-state index contributed by atoms with van der Waals surface area (Å²) >= 11 is 0. The smallest absolute Gasteiger partial charge is 0.225 e. The van der Waals surface area contributed by atoms with E-state index >= 15 is 0 Å². The lowest BCUT2D eigenvalue weighted by Crippen LogP contribution is -2.40. The van der Waals surface area contributed by atoms with Gasteiger partial charge >= 0.3 is 0 Å². The third kappa shape index (κ3) is 4.69. The Morgan fingerprint density at radius 3 is 2.48 bits per heavy atom. The van der Waals surface area contributed by atoms with Gasteiger partial charge in [0.05, 0.1) is 13.0 Å². The zero-order valence-electron chi connectivity index (χ0n) is 14.0. The number of carbonyl (C=O) groups excluding carboxylic acids is 2. The molecule has 0 unspecified atom stereocenters. The fourth-order valence-electron chi connectivity index (χ4n) is 2.87. The highest BCUT2D eigenvalue weighted by Gasteiger charge is 2.28. The summed E-state index contributed by atoms with van der Waals surface area (Å²) in [6.07, 6.45) is 0. The van der Waals surface area contributed by atoms with E-state index < -0.39 is 0 Å². The van der Waals surface area contributed by atoms with E-state index in [1.807, 2.05) is 24.3 Å². The largest absolute Gasteiger partial charge is 0.497 e. The maximum Gasteiger partial charge on any atom is 0.225 e. The van der Waals surface area contributed by atoms with Crippen molar-refractivity contribution in [1.29, 1.82) is 0 Å². The Balaban J connectivity index is 2.07.